The standard InChI is InChI=1S/C37H25NO/c1-37(2)29-14-6-3-10-22(29)25-19-18-24-26(35(25)37)20-21-31-34(24)28-12-4-7-15-30(28)38(31)32-16-9-13-27-23-11-5-8-17-33(23)39-36(27)32/h3-21H,1-2H3. The summed E-state index contributed by atoms with van der Waals surface area (Å²) in [7, 11) is 0. The molecule has 0 aliphatic heterocycles. The van der Waals surface area contributed by atoms with Crippen molar-refractivity contribution in [3.05, 3.63) is 126 Å². The van der Waals surface area contributed by atoms with Crippen molar-refractivity contribution in [1.82, 2.24) is 4.57 Å². The second kappa shape index (κ2) is 7.18. The maximum absolute atomic E-state index is 6.50. The fourth-order valence-electron chi connectivity index (χ4n) is 7.34. The number of aromatic nitrogens is 1. The highest BCUT2D eigenvalue weighted by molar-refractivity contribution is 6.23. The molecule has 0 N–H and O–H groups in total. The molecule has 8 aromatic rings. The van der Waals surface area contributed by atoms with Gasteiger partial charge in [0.15, 0.2) is 5.58 Å². The third kappa shape index (κ3) is 2.56. The van der Waals surface area contributed by atoms with Crippen molar-refractivity contribution in [1.29, 1.82) is 0 Å². The van der Waals surface area contributed by atoms with E-state index in [9.17, 15) is 0 Å². The fraction of sp³-hybridized carbons (Fsp3) is 0.0811. The van der Waals surface area contributed by atoms with Gasteiger partial charge in [0, 0.05) is 27.0 Å². The molecule has 0 amide bonds. The third-order valence-electron chi connectivity index (χ3n) is 8.97. The van der Waals surface area contributed by atoms with Crippen molar-refractivity contribution in [2.45, 2.75) is 19.3 Å². The molecule has 0 fully saturated rings. The van der Waals surface area contributed by atoms with Crippen LogP contribution in [0.15, 0.2) is 120 Å². The lowest BCUT2D eigenvalue weighted by molar-refractivity contribution is 0.666. The molecule has 2 heteroatoms. The maximum Gasteiger partial charge on any atom is 0.159 e. The summed E-state index contributed by atoms with van der Waals surface area (Å²) in [5.41, 5.74) is 10.8. The minimum atomic E-state index is -0.0582. The van der Waals surface area contributed by atoms with Gasteiger partial charge in [-0.1, -0.05) is 105 Å². The Kier molecular flexibility index (Phi) is 3.89. The molecule has 1 aliphatic carbocycles. The number of benzene rings is 6. The smallest absolute Gasteiger partial charge is 0.159 e. The number of hydrogen-bond donors (Lipinski definition) is 0. The van der Waals surface area contributed by atoms with Crippen molar-refractivity contribution in [3.8, 4) is 16.8 Å². The van der Waals surface area contributed by atoms with Gasteiger partial charge < -0.3 is 8.98 Å². The summed E-state index contributed by atoms with van der Waals surface area (Å²) in [5.74, 6) is 0. The van der Waals surface area contributed by atoms with Crippen molar-refractivity contribution in [2.24, 2.45) is 0 Å². The molecule has 0 saturated carbocycles. The molecule has 9 rings (SSSR count). The van der Waals surface area contributed by atoms with Gasteiger partial charge >= 0.3 is 0 Å². The largest absolute Gasteiger partial charge is 0.454 e. The first-order valence-corrected chi connectivity index (χ1v) is 13.6. The van der Waals surface area contributed by atoms with Crippen LogP contribution >= 0.6 is 0 Å². The van der Waals surface area contributed by atoms with Gasteiger partial charge in [-0.25, -0.2) is 0 Å². The van der Waals surface area contributed by atoms with Crippen LogP contribution in [0.5, 0.6) is 0 Å². The van der Waals surface area contributed by atoms with Gasteiger partial charge in [0.2, 0.25) is 0 Å². The Hall–Kier alpha value is -4.82. The lowest BCUT2D eigenvalue weighted by atomic mass is 9.80. The van der Waals surface area contributed by atoms with Gasteiger partial charge in [0.1, 0.15) is 5.58 Å². The summed E-state index contributed by atoms with van der Waals surface area (Å²) in [4.78, 5) is 0. The van der Waals surface area contributed by atoms with Crippen LogP contribution in [0.1, 0.15) is 25.0 Å². The molecule has 39 heavy (non-hydrogen) atoms. The van der Waals surface area contributed by atoms with E-state index in [2.05, 4.69) is 128 Å². The van der Waals surface area contributed by atoms with Crippen LogP contribution in [0.3, 0.4) is 0 Å². The average Bonchev–Trinajstić information content (AvgIpc) is 3.59. The molecule has 0 spiro atoms. The molecule has 2 nitrogen and oxygen atoms in total. The monoisotopic (exact) mass is 499 g/mol. The van der Waals surface area contributed by atoms with Gasteiger partial charge in [-0.05, 0) is 57.3 Å². The van der Waals surface area contributed by atoms with Gasteiger partial charge in [0.25, 0.3) is 0 Å². The molecule has 0 radical (unpaired) electrons. The van der Waals surface area contributed by atoms with E-state index in [-0.39, 0.29) is 5.41 Å². The first-order valence-electron chi connectivity index (χ1n) is 13.6. The minimum absolute atomic E-state index is 0.0582. The molecule has 6 aromatic carbocycles. The summed E-state index contributed by atoms with van der Waals surface area (Å²) in [5, 5.41) is 7.50. The molecule has 0 saturated heterocycles. The Morgan fingerprint density at radius 1 is 0.538 bits per heavy atom. The third-order valence-corrected chi connectivity index (χ3v) is 8.97. The molecule has 0 atom stereocenters. The number of furan rings is 1. The van der Waals surface area contributed by atoms with E-state index in [1.54, 1.807) is 0 Å². The van der Waals surface area contributed by atoms with Crippen LogP contribution in [0.2, 0.25) is 0 Å². The van der Waals surface area contributed by atoms with Crippen LogP contribution in [0.25, 0.3) is 71.3 Å². The Balaban J connectivity index is 1.43. The van der Waals surface area contributed by atoms with Gasteiger partial charge in [0.05, 0.1) is 16.7 Å². The van der Waals surface area contributed by atoms with E-state index >= 15 is 0 Å². The highest BCUT2D eigenvalue weighted by atomic mass is 16.3. The lowest BCUT2D eigenvalue weighted by Crippen LogP contribution is -2.15. The van der Waals surface area contributed by atoms with E-state index in [4.69, 9.17) is 4.42 Å². The highest BCUT2D eigenvalue weighted by Crippen LogP contribution is 2.52. The van der Waals surface area contributed by atoms with Crippen LogP contribution in [-0.2, 0) is 5.41 Å². The summed E-state index contributed by atoms with van der Waals surface area (Å²) >= 11 is 0. The van der Waals surface area contributed by atoms with Gasteiger partial charge in [-0.15, -0.1) is 0 Å². The molecule has 1 aliphatic rings. The Bertz CT molecular complexity index is 2310. The summed E-state index contributed by atoms with van der Waals surface area (Å²) in [6.07, 6.45) is 0. The lowest BCUT2D eigenvalue weighted by Gasteiger charge is -2.23. The quantitative estimate of drug-likeness (QED) is 0.220. The van der Waals surface area contributed by atoms with E-state index in [0.717, 1.165) is 27.6 Å². The number of rotatable bonds is 1. The number of hydrogen-bond acceptors (Lipinski definition) is 1. The second-order valence-electron chi connectivity index (χ2n) is 11.3. The zero-order chi connectivity index (χ0) is 25.9. The first-order chi connectivity index (χ1) is 19.1. The zero-order valence-corrected chi connectivity index (χ0v) is 21.8. The molecule has 0 bridgehead atoms. The van der Waals surface area contributed by atoms with E-state index < -0.39 is 0 Å². The van der Waals surface area contributed by atoms with Crippen molar-refractivity contribution in [3.63, 3.8) is 0 Å². The average molecular weight is 500 g/mol. The predicted molar refractivity (Wildman–Crippen MR) is 163 cm³/mol. The van der Waals surface area contributed by atoms with Crippen molar-refractivity contribution < 1.29 is 4.42 Å². The number of fused-ring (bicyclic) bond motifs is 12. The fourth-order valence-corrected chi connectivity index (χ4v) is 7.34. The topological polar surface area (TPSA) is 18.1 Å². The SMILES string of the molecule is CC1(C)c2ccccc2-c2ccc3c(ccc4c3c3ccccc3n4-c3cccc4c3oc3ccccc34)c21. The van der Waals surface area contributed by atoms with Crippen molar-refractivity contribution in [2.75, 3.05) is 0 Å². The summed E-state index contributed by atoms with van der Waals surface area (Å²) in [6, 6.07) is 41.8. The second-order valence-corrected chi connectivity index (χ2v) is 11.3. The molecular formula is C37H25NO. The normalized spacial score (nSPS) is 14.1. The van der Waals surface area contributed by atoms with E-state index in [1.807, 2.05) is 6.07 Å². The highest BCUT2D eigenvalue weighted by Gasteiger charge is 2.37. The first kappa shape index (κ1) is 21.2. The Morgan fingerprint density at radius 2 is 1.28 bits per heavy atom. The predicted octanol–water partition coefficient (Wildman–Crippen LogP) is 10.1. The van der Waals surface area contributed by atoms with E-state index in [1.165, 1.54) is 54.8 Å². The van der Waals surface area contributed by atoms with Crippen LogP contribution in [0, 0.1) is 0 Å². The summed E-state index contributed by atoms with van der Waals surface area (Å²) < 4.78 is 8.89. The van der Waals surface area contributed by atoms with Gasteiger partial charge in [-0.2, -0.15) is 0 Å². The van der Waals surface area contributed by atoms with Crippen molar-refractivity contribution >= 4 is 54.5 Å². The molecule has 184 valence electrons. The Morgan fingerprint density at radius 3 is 2.21 bits per heavy atom. The minimum Gasteiger partial charge on any atom is -0.454 e. The number of nitrogens with zero attached hydrogens (tertiary/aromatic N) is 1. The van der Waals surface area contributed by atoms with E-state index in [0.29, 0.717) is 0 Å². The molecule has 0 unspecified atom stereocenters. The summed E-state index contributed by atoms with van der Waals surface area (Å²) in [6.45, 7) is 4.74. The molecule has 2 aromatic heterocycles. The molecular weight excluding hydrogens is 474 g/mol. The number of para-hydroxylation sites is 3. The van der Waals surface area contributed by atoms with Gasteiger partial charge in [-0.3, -0.25) is 0 Å². The van der Waals surface area contributed by atoms with Crippen LogP contribution < -0.4 is 0 Å². The zero-order valence-electron chi connectivity index (χ0n) is 21.8. The maximum atomic E-state index is 6.50. The van der Waals surface area contributed by atoms with Crippen LogP contribution in [0.4, 0.5) is 0 Å². The Labute approximate surface area is 225 Å². The van der Waals surface area contributed by atoms with Crippen LogP contribution in [-0.4, -0.2) is 4.57 Å². The molecule has 2 heterocycles.